The molecule has 1 saturated heterocycles. The maximum Gasteiger partial charge on any atom is 0.156 e. The molecule has 1 aliphatic heterocycles. The van der Waals surface area contributed by atoms with Crippen LogP contribution in [0.25, 0.3) is 0 Å². The van der Waals surface area contributed by atoms with Crippen molar-refractivity contribution in [2.45, 2.75) is 32.5 Å². The number of rotatable bonds is 5. The van der Waals surface area contributed by atoms with Gasteiger partial charge in [-0.1, -0.05) is 0 Å². The number of hydrogen-bond acceptors (Lipinski definition) is 6. The van der Waals surface area contributed by atoms with Gasteiger partial charge in [0.25, 0.3) is 0 Å². The largest absolute Gasteiger partial charge is 0.490 e. The van der Waals surface area contributed by atoms with Gasteiger partial charge < -0.3 is 14.4 Å². The molecule has 3 rings (SSSR count). The number of nitriles is 1. The number of hydrogen-bond donors (Lipinski definition) is 0. The van der Waals surface area contributed by atoms with E-state index in [4.69, 9.17) is 14.7 Å². The van der Waals surface area contributed by atoms with Gasteiger partial charge in [-0.15, -0.1) is 0 Å². The Balaban J connectivity index is 1.59. The SMILES string of the molecule is COCc1nc(C)cc(N2CCC(Oc3ccc(C#N)cc3)CC2)n1. The lowest BCUT2D eigenvalue weighted by atomic mass is 10.1. The summed E-state index contributed by atoms with van der Waals surface area (Å²) in [6.45, 7) is 4.19. The van der Waals surface area contributed by atoms with Crippen molar-refractivity contribution in [2.75, 3.05) is 25.1 Å². The van der Waals surface area contributed by atoms with Crippen LogP contribution < -0.4 is 9.64 Å². The first-order valence-electron chi connectivity index (χ1n) is 8.43. The standard InChI is InChI=1S/C19H22N4O2/c1-14-11-19(22-18(21-14)13-24-2)23-9-7-17(8-10-23)25-16-5-3-15(12-20)4-6-16/h3-6,11,17H,7-10,13H2,1-2H3. The van der Waals surface area contributed by atoms with Crippen molar-refractivity contribution >= 4 is 5.82 Å². The molecule has 1 fully saturated rings. The van der Waals surface area contributed by atoms with E-state index in [1.807, 2.05) is 25.1 Å². The van der Waals surface area contributed by atoms with Crippen LogP contribution in [0, 0.1) is 18.3 Å². The Morgan fingerprint density at radius 3 is 2.56 bits per heavy atom. The molecule has 25 heavy (non-hydrogen) atoms. The second-order valence-electron chi connectivity index (χ2n) is 6.16. The topological polar surface area (TPSA) is 71.3 Å². The number of aryl methyl sites for hydroxylation is 1. The lowest BCUT2D eigenvalue weighted by molar-refractivity contribution is 0.170. The van der Waals surface area contributed by atoms with Crippen molar-refractivity contribution in [3.05, 3.63) is 47.4 Å². The van der Waals surface area contributed by atoms with E-state index < -0.39 is 0 Å². The lowest BCUT2D eigenvalue weighted by Gasteiger charge is -2.33. The Labute approximate surface area is 148 Å². The minimum absolute atomic E-state index is 0.186. The zero-order valence-electron chi connectivity index (χ0n) is 14.6. The van der Waals surface area contributed by atoms with Crippen LogP contribution in [0.2, 0.25) is 0 Å². The molecule has 0 radical (unpaired) electrons. The van der Waals surface area contributed by atoms with Gasteiger partial charge >= 0.3 is 0 Å². The number of ether oxygens (including phenoxy) is 2. The Bertz CT molecular complexity index is 747. The van der Waals surface area contributed by atoms with E-state index in [-0.39, 0.29) is 6.10 Å². The zero-order valence-corrected chi connectivity index (χ0v) is 14.6. The van der Waals surface area contributed by atoms with Crippen LogP contribution in [-0.4, -0.2) is 36.3 Å². The van der Waals surface area contributed by atoms with E-state index in [0.717, 1.165) is 43.2 Å². The van der Waals surface area contributed by atoms with Crippen LogP contribution >= 0.6 is 0 Å². The van der Waals surface area contributed by atoms with E-state index in [2.05, 4.69) is 20.9 Å². The monoisotopic (exact) mass is 338 g/mol. The fraction of sp³-hybridized carbons (Fsp3) is 0.421. The maximum atomic E-state index is 8.85. The van der Waals surface area contributed by atoms with Gasteiger partial charge in [-0.2, -0.15) is 5.26 Å². The Kier molecular flexibility index (Phi) is 5.46. The Hall–Kier alpha value is -2.65. The van der Waals surface area contributed by atoms with Crippen molar-refractivity contribution in [3.63, 3.8) is 0 Å². The van der Waals surface area contributed by atoms with Crippen LogP contribution in [0.4, 0.5) is 5.82 Å². The highest BCUT2D eigenvalue weighted by Crippen LogP contribution is 2.23. The van der Waals surface area contributed by atoms with Crippen molar-refractivity contribution in [2.24, 2.45) is 0 Å². The summed E-state index contributed by atoms with van der Waals surface area (Å²) in [5, 5.41) is 8.85. The zero-order chi connectivity index (χ0) is 17.6. The smallest absolute Gasteiger partial charge is 0.156 e. The van der Waals surface area contributed by atoms with Crippen molar-refractivity contribution < 1.29 is 9.47 Å². The predicted octanol–water partition coefficient (Wildman–Crippen LogP) is 2.85. The molecule has 6 heteroatoms. The third-order valence-electron chi connectivity index (χ3n) is 4.21. The molecule has 2 aromatic rings. The van der Waals surface area contributed by atoms with Gasteiger partial charge in [0.05, 0.1) is 11.6 Å². The van der Waals surface area contributed by atoms with Gasteiger partial charge in [0.15, 0.2) is 5.82 Å². The molecule has 0 N–H and O–H groups in total. The van der Waals surface area contributed by atoms with Crippen molar-refractivity contribution in [1.82, 2.24) is 9.97 Å². The second-order valence-corrected chi connectivity index (χ2v) is 6.16. The molecule has 2 heterocycles. The summed E-state index contributed by atoms with van der Waals surface area (Å²) < 4.78 is 11.2. The highest BCUT2D eigenvalue weighted by Gasteiger charge is 2.22. The third kappa shape index (κ3) is 4.46. The van der Waals surface area contributed by atoms with Crippen molar-refractivity contribution in [3.8, 4) is 11.8 Å². The number of nitrogens with zero attached hydrogens (tertiary/aromatic N) is 4. The van der Waals surface area contributed by atoms with Crippen LogP contribution in [0.3, 0.4) is 0 Å². The fourth-order valence-electron chi connectivity index (χ4n) is 2.97. The first-order chi connectivity index (χ1) is 12.2. The third-order valence-corrected chi connectivity index (χ3v) is 4.21. The van der Waals surface area contributed by atoms with Gasteiger partial charge in [0.2, 0.25) is 0 Å². The van der Waals surface area contributed by atoms with Crippen LogP contribution in [-0.2, 0) is 11.3 Å². The molecule has 0 bridgehead atoms. The molecule has 1 aromatic carbocycles. The Morgan fingerprint density at radius 2 is 1.92 bits per heavy atom. The molecular formula is C19H22N4O2. The highest BCUT2D eigenvalue weighted by atomic mass is 16.5. The molecule has 0 saturated carbocycles. The van der Waals surface area contributed by atoms with E-state index in [0.29, 0.717) is 18.0 Å². The summed E-state index contributed by atoms with van der Waals surface area (Å²) in [7, 11) is 1.65. The summed E-state index contributed by atoms with van der Waals surface area (Å²) in [6.07, 6.45) is 2.05. The number of piperidine rings is 1. The first kappa shape index (κ1) is 17.2. The summed E-state index contributed by atoms with van der Waals surface area (Å²) in [5.74, 6) is 2.49. The molecule has 0 aliphatic carbocycles. The van der Waals surface area contributed by atoms with Gasteiger partial charge in [0, 0.05) is 44.8 Å². The molecule has 130 valence electrons. The van der Waals surface area contributed by atoms with E-state index >= 15 is 0 Å². The average molecular weight is 338 g/mol. The summed E-state index contributed by atoms with van der Waals surface area (Å²) >= 11 is 0. The quantitative estimate of drug-likeness (QED) is 0.835. The molecular weight excluding hydrogens is 316 g/mol. The molecule has 0 spiro atoms. The van der Waals surface area contributed by atoms with Gasteiger partial charge in [0.1, 0.15) is 24.3 Å². The molecule has 1 aliphatic rings. The molecule has 0 unspecified atom stereocenters. The van der Waals surface area contributed by atoms with E-state index in [1.54, 1.807) is 19.2 Å². The molecule has 6 nitrogen and oxygen atoms in total. The Morgan fingerprint density at radius 1 is 1.20 bits per heavy atom. The van der Waals surface area contributed by atoms with Gasteiger partial charge in [-0.25, -0.2) is 9.97 Å². The molecule has 0 amide bonds. The normalized spacial score (nSPS) is 15.0. The summed E-state index contributed by atoms with van der Waals surface area (Å²) in [4.78, 5) is 11.3. The minimum Gasteiger partial charge on any atom is -0.490 e. The minimum atomic E-state index is 0.186. The van der Waals surface area contributed by atoms with Crippen LogP contribution in [0.5, 0.6) is 5.75 Å². The first-order valence-corrected chi connectivity index (χ1v) is 8.43. The van der Waals surface area contributed by atoms with Crippen LogP contribution in [0.15, 0.2) is 30.3 Å². The summed E-state index contributed by atoms with van der Waals surface area (Å²) in [6, 6.07) is 11.4. The fourth-order valence-corrected chi connectivity index (χ4v) is 2.97. The van der Waals surface area contributed by atoms with Crippen LogP contribution in [0.1, 0.15) is 29.9 Å². The summed E-state index contributed by atoms with van der Waals surface area (Å²) in [5.41, 5.74) is 1.60. The lowest BCUT2D eigenvalue weighted by Crippen LogP contribution is -2.38. The predicted molar refractivity (Wildman–Crippen MR) is 94.5 cm³/mol. The second kappa shape index (κ2) is 7.95. The number of aromatic nitrogens is 2. The highest BCUT2D eigenvalue weighted by molar-refractivity contribution is 5.40. The average Bonchev–Trinajstić information content (AvgIpc) is 2.63. The maximum absolute atomic E-state index is 8.85. The van der Waals surface area contributed by atoms with Gasteiger partial charge in [-0.05, 0) is 31.2 Å². The van der Waals surface area contributed by atoms with E-state index in [1.165, 1.54) is 0 Å². The van der Waals surface area contributed by atoms with Crippen molar-refractivity contribution in [1.29, 1.82) is 5.26 Å². The number of methoxy groups -OCH3 is 1. The van der Waals surface area contributed by atoms with Gasteiger partial charge in [-0.3, -0.25) is 0 Å². The molecule has 0 atom stereocenters. The number of anilines is 1. The number of benzene rings is 1. The van der Waals surface area contributed by atoms with E-state index in [9.17, 15) is 0 Å². The molecule has 1 aromatic heterocycles.